The summed E-state index contributed by atoms with van der Waals surface area (Å²) in [6.07, 6.45) is 0.732. The Bertz CT molecular complexity index is 734. The Kier molecular flexibility index (Phi) is 7.14. The number of hydrogen-bond acceptors (Lipinski definition) is 4. The lowest BCUT2D eigenvalue weighted by Gasteiger charge is -2.17. The number of amides is 2. The Labute approximate surface area is 154 Å². The van der Waals surface area contributed by atoms with Crippen LogP contribution >= 0.6 is 0 Å². The van der Waals surface area contributed by atoms with E-state index >= 15 is 0 Å². The summed E-state index contributed by atoms with van der Waals surface area (Å²) in [7, 11) is 4.82. The van der Waals surface area contributed by atoms with Gasteiger partial charge in [-0.15, -0.1) is 0 Å². The summed E-state index contributed by atoms with van der Waals surface area (Å²) in [4.78, 5) is 12.1. The van der Waals surface area contributed by atoms with E-state index in [1.807, 2.05) is 49.4 Å². The second-order valence-corrected chi connectivity index (χ2v) is 5.84. The molecule has 140 valence electrons. The molecule has 0 heterocycles. The van der Waals surface area contributed by atoms with Gasteiger partial charge < -0.3 is 24.8 Å². The van der Waals surface area contributed by atoms with Crippen LogP contribution < -0.4 is 24.8 Å². The van der Waals surface area contributed by atoms with Crippen molar-refractivity contribution in [3.05, 3.63) is 53.6 Å². The van der Waals surface area contributed by atoms with Crippen LogP contribution in [0.5, 0.6) is 17.2 Å². The second kappa shape index (κ2) is 9.56. The normalized spacial score (nSPS) is 11.4. The average Bonchev–Trinajstić information content (AvgIpc) is 2.67. The lowest BCUT2D eigenvalue weighted by atomic mass is 10.1. The number of urea groups is 1. The minimum Gasteiger partial charge on any atom is -0.497 e. The monoisotopic (exact) mass is 358 g/mol. The van der Waals surface area contributed by atoms with Crippen molar-refractivity contribution in [3.63, 3.8) is 0 Å². The number of rotatable bonds is 8. The number of carbonyl (C=O) groups is 1. The molecule has 0 bridgehead atoms. The Morgan fingerprint density at radius 1 is 1.00 bits per heavy atom. The molecule has 0 aliphatic heterocycles. The van der Waals surface area contributed by atoms with Crippen molar-refractivity contribution in [3.8, 4) is 17.2 Å². The second-order valence-electron chi connectivity index (χ2n) is 5.84. The van der Waals surface area contributed by atoms with E-state index in [4.69, 9.17) is 14.2 Å². The zero-order valence-electron chi connectivity index (χ0n) is 15.7. The molecule has 0 radical (unpaired) electrons. The summed E-state index contributed by atoms with van der Waals surface area (Å²) in [6, 6.07) is 13.0. The Hall–Kier alpha value is -2.89. The fraction of sp³-hybridized carbons (Fsp3) is 0.350. The van der Waals surface area contributed by atoms with Gasteiger partial charge >= 0.3 is 6.03 Å². The average molecular weight is 358 g/mol. The van der Waals surface area contributed by atoms with Gasteiger partial charge in [-0.25, -0.2) is 4.79 Å². The molecule has 0 saturated carbocycles. The summed E-state index contributed by atoms with van der Waals surface area (Å²) in [5, 5.41) is 5.80. The molecular weight excluding hydrogens is 332 g/mol. The molecule has 0 aliphatic rings. The van der Waals surface area contributed by atoms with Gasteiger partial charge in [-0.2, -0.15) is 0 Å². The topological polar surface area (TPSA) is 68.8 Å². The predicted octanol–water partition coefficient (Wildman–Crippen LogP) is 3.32. The van der Waals surface area contributed by atoms with Crippen LogP contribution in [-0.4, -0.2) is 33.9 Å². The molecule has 0 aliphatic carbocycles. The molecule has 26 heavy (non-hydrogen) atoms. The first-order chi connectivity index (χ1) is 12.6. The lowest BCUT2D eigenvalue weighted by molar-refractivity contribution is 0.238. The zero-order chi connectivity index (χ0) is 18.9. The maximum atomic E-state index is 12.1. The van der Waals surface area contributed by atoms with Gasteiger partial charge in [0.25, 0.3) is 0 Å². The van der Waals surface area contributed by atoms with Gasteiger partial charge in [0.2, 0.25) is 0 Å². The fourth-order valence-corrected chi connectivity index (χ4v) is 2.60. The maximum Gasteiger partial charge on any atom is 0.315 e. The van der Waals surface area contributed by atoms with Crippen molar-refractivity contribution in [2.24, 2.45) is 0 Å². The number of hydrogen-bond donors (Lipinski definition) is 2. The molecule has 1 atom stereocenters. The summed E-state index contributed by atoms with van der Waals surface area (Å²) in [5.41, 5.74) is 2.04. The van der Waals surface area contributed by atoms with Gasteiger partial charge in [0.1, 0.15) is 5.75 Å². The van der Waals surface area contributed by atoms with E-state index in [0.717, 1.165) is 23.3 Å². The minimum absolute atomic E-state index is 0.161. The van der Waals surface area contributed by atoms with Crippen LogP contribution in [0, 0.1) is 0 Å². The Morgan fingerprint density at radius 3 is 2.46 bits per heavy atom. The summed E-state index contributed by atoms with van der Waals surface area (Å²) < 4.78 is 15.7. The smallest absolute Gasteiger partial charge is 0.315 e. The molecule has 2 N–H and O–H groups in total. The Balaban J connectivity index is 1.85. The number of methoxy groups -OCH3 is 3. The minimum atomic E-state index is -0.213. The van der Waals surface area contributed by atoms with Crippen LogP contribution in [0.15, 0.2) is 42.5 Å². The van der Waals surface area contributed by atoms with Gasteiger partial charge in [0, 0.05) is 6.54 Å². The van der Waals surface area contributed by atoms with E-state index in [2.05, 4.69) is 10.6 Å². The van der Waals surface area contributed by atoms with Gasteiger partial charge in [0.05, 0.1) is 27.4 Å². The third kappa shape index (κ3) is 5.31. The number of benzene rings is 2. The van der Waals surface area contributed by atoms with Gasteiger partial charge in [0.15, 0.2) is 11.5 Å². The zero-order valence-corrected chi connectivity index (χ0v) is 15.7. The molecule has 1 unspecified atom stereocenters. The molecule has 2 amide bonds. The number of ether oxygens (including phenoxy) is 3. The third-order valence-electron chi connectivity index (χ3n) is 4.09. The van der Waals surface area contributed by atoms with Crippen LogP contribution in [0.1, 0.15) is 24.1 Å². The largest absolute Gasteiger partial charge is 0.497 e. The first-order valence-electron chi connectivity index (χ1n) is 8.46. The maximum absolute atomic E-state index is 12.1. The summed E-state index contributed by atoms with van der Waals surface area (Å²) in [6.45, 7) is 2.46. The first-order valence-corrected chi connectivity index (χ1v) is 8.46. The van der Waals surface area contributed by atoms with E-state index < -0.39 is 0 Å². The number of carbonyl (C=O) groups excluding carboxylic acids is 1. The van der Waals surface area contributed by atoms with E-state index in [9.17, 15) is 4.79 Å². The Morgan fingerprint density at radius 2 is 1.77 bits per heavy atom. The lowest BCUT2D eigenvalue weighted by Crippen LogP contribution is -2.38. The highest BCUT2D eigenvalue weighted by molar-refractivity contribution is 5.74. The summed E-state index contributed by atoms with van der Waals surface area (Å²) in [5.74, 6) is 2.11. The van der Waals surface area contributed by atoms with Crippen molar-refractivity contribution < 1.29 is 19.0 Å². The van der Waals surface area contributed by atoms with Crippen molar-refractivity contribution >= 4 is 6.03 Å². The highest BCUT2D eigenvalue weighted by atomic mass is 16.5. The SMILES string of the molecule is COc1cccc(CCNC(=O)NC(C)c2ccc(OC)c(OC)c2)c1. The molecular formula is C20H26N2O4. The molecule has 0 spiro atoms. The van der Waals surface area contributed by atoms with Gasteiger partial charge in [-0.05, 0) is 48.7 Å². The molecule has 0 aromatic heterocycles. The van der Waals surface area contributed by atoms with Crippen LogP contribution in [0.4, 0.5) is 4.79 Å². The molecule has 0 fully saturated rings. The van der Waals surface area contributed by atoms with Crippen molar-refractivity contribution in [1.29, 1.82) is 0 Å². The molecule has 6 nitrogen and oxygen atoms in total. The summed E-state index contributed by atoms with van der Waals surface area (Å²) >= 11 is 0. The first kappa shape index (κ1) is 19.4. The third-order valence-corrected chi connectivity index (χ3v) is 4.09. The van der Waals surface area contributed by atoms with Crippen LogP contribution in [0.3, 0.4) is 0 Å². The van der Waals surface area contributed by atoms with Gasteiger partial charge in [-0.1, -0.05) is 18.2 Å². The van der Waals surface area contributed by atoms with E-state index in [1.54, 1.807) is 21.3 Å². The van der Waals surface area contributed by atoms with Crippen molar-refractivity contribution in [2.75, 3.05) is 27.9 Å². The van der Waals surface area contributed by atoms with Crippen LogP contribution in [-0.2, 0) is 6.42 Å². The molecule has 2 aromatic carbocycles. The van der Waals surface area contributed by atoms with Crippen LogP contribution in [0.25, 0.3) is 0 Å². The quantitative estimate of drug-likeness (QED) is 0.760. The van der Waals surface area contributed by atoms with E-state index in [1.165, 1.54) is 0 Å². The van der Waals surface area contributed by atoms with Crippen LogP contribution in [0.2, 0.25) is 0 Å². The highest BCUT2D eigenvalue weighted by Crippen LogP contribution is 2.29. The molecule has 2 aromatic rings. The van der Waals surface area contributed by atoms with Gasteiger partial charge in [-0.3, -0.25) is 0 Å². The van der Waals surface area contributed by atoms with Crippen molar-refractivity contribution in [2.45, 2.75) is 19.4 Å². The van der Waals surface area contributed by atoms with E-state index in [-0.39, 0.29) is 12.1 Å². The number of nitrogens with one attached hydrogen (secondary N) is 2. The highest BCUT2D eigenvalue weighted by Gasteiger charge is 2.12. The fourth-order valence-electron chi connectivity index (χ4n) is 2.60. The molecule has 0 saturated heterocycles. The molecule has 2 rings (SSSR count). The molecule has 6 heteroatoms. The van der Waals surface area contributed by atoms with E-state index in [0.29, 0.717) is 18.0 Å². The van der Waals surface area contributed by atoms with Crippen molar-refractivity contribution in [1.82, 2.24) is 10.6 Å². The standard InChI is InChI=1S/C20H26N2O4/c1-14(16-8-9-18(25-3)19(13-16)26-4)22-20(23)21-11-10-15-6-5-7-17(12-15)24-2/h5-9,12-14H,10-11H2,1-4H3,(H2,21,22,23). The predicted molar refractivity (Wildman–Crippen MR) is 101 cm³/mol.